The fourth-order valence-electron chi connectivity index (χ4n) is 1.97. The number of aliphatic carboxylic acids is 1. The normalized spacial score (nSPS) is 20.8. The molecule has 2 rings (SSSR count). The highest BCUT2D eigenvalue weighted by atomic mass is 16.7. The largest absolute Gasteiger partial charge is 0.480 e. The molecule has 1 saturated heterocycles. The topological polar surface area (TPSA) is 112 Å². The first-order valence-corrected chi connectivity index (χ1v) is 6.76. The van der Waals surface area contributed by atoms with Crippen molar-refractivity contribution in [1.29, 1.82) is 0 Å². The van der Waals surface area contributed by atoms with Gasteiger partial charge in [-0.2, -0.15) is 0 Å². The van der Waals surface area contributed by atoms with E-state index >= 15 is 0 Å². The number of nitrogens with two attached hydrogens (primary N) is 1. The van der Waals surface area contributed by atoms with Crippen LogP contribution >= 0.6 is 0 Å². The first-order chi connectivity index (χ1) is 9.65. The van der Waals surface area contributed by atoms with E-state index in [0.29, 0.717) is 18.8 Å². The van der Waals surface area contributed by atoms with Gasteiger partial charge in [-0.3, -0.25) is 4.79 Å². The van der Waals surface area contributed by atoms with Crippen molar-refractivity contribution in [2.45, 2.75) is 44.6 Å². The Hall–Kier alpha value is -1.51. The van der Waals surface area contributed by atoms with E-state index in [-0.39, 0.29) is 12.7 Å². The van der Waals surface area contributed by atoms with Gasteiger partial charge in [0.05, 0.1) is 18.8 Å². The van der Waals surface area contributed by atoms with Gasteiger partial charge in [-0.1, -0.05) is 5.21 Å². The summed E-state index contributed by atoms with van der Waals surface area (Å²) in [5.74, 6) is -1.04. The van der Waals surface area contributed by atoms with Crippen LogP contribution in [0.15, 0.2) is 6.20 Å². The molecule has 2 atom stereocenters. The van der Waals surface area contributed by atoms with Crippen molar-refractivity contribution in [2.24, 2.45) is 5.73 Å². The van der Waals surface area contributed by atoms with Crippen LogP contribution in [0.5, 0.6) is 0 Å². The van der Waals surface area contributed by atoms with Crippen LogP contribution in [-0.2, 0) is 27.2 Å². The molecule has 2 heterocycles. The van der Waals surface area contributed by atoms with E-state index in [9.17, 15) is 4.79 Å². The number of nitrogens with zero attached hydrogens (tertiary/aromatic N) is 3. The Kier molecular flexibility index (Phi) is 5.45. The molecule has 1 fully saturated rings. The summed E-state index contributed by atoms with van der Waals surface area (Å²) in [5, 5.41) is 16.5. The number of hydrogen-bond acceptors (Lipinski definition) is 6. The minimum atomic E-state index is -1.04. The highest BCUT2D eigenvalue weighted by Crippen LogP contribution is 2.13. The molecular formula is C12H20N4O4. The summed E-state index contributed by atoms with van der Waals surface area (Å²) in [6.45, 7) is 1.79. The second-order valence-electron chi connectivity index (χ2n) is 4.79. The summed E-state index contributed by atoms with van der Waals surface area (Å²) < 4.78 is 12.7. The molecule has 0 radical (unpaired) electrons. The maximum Gasteiger partial charge on any atom is 0.320 e. The predicted octanol–water partition coefficient (Wildman–Crippen LogP) is -0.224. The maximum absolute atomic E-state index is 10.6. The number of carboxylic acid groups (broad SMARTS) is 1. The van der Waals surface area contributed by atoms with E-state index in [4.69, 9.17) is 20.3 Å². The summed E-state index contributed by atoms with van der Waals surface area (Å²) >= 11 is 0. The Morgan fingerprint density at radius 1 is 1.65 bits per heavy atom. The number of hydrogen-bond donors (Lipinski definition) is 2. The second kappa shape index (κ2) is 7.32. The summed E-state index contributed by atoms with van der Waals surface area (Å²) in [4.78, 5) is 10.6. The van der Waals surface area contributed by atoms with Crippen LogP contribution in [0.2, 0.25) is 0 Å². The van der Waals surface area contributed by atoms with Crippen molar-refractivity contribution < 1.29 is 19.4 Å². The fraction of sp³-hybridized carbons (Fsp3) is 0.750. The van der Waals surface area contributed by atoms with Gasteiger partial charge in [0.1, 0.15) is 6.04 Å². The van der Waals surface area contributed by atoms with Crippen LogP contribution in [0, 0.1) is 0 Å². The zero-order valence-corrected chi connectivity index (χ0v) is 11.3. The molecule has 1 aliphatic rings. The molecule has 0 aliphatic carbocycles. The van der Waals surface area contributed by atoms with Crippen molar-refractivity contribution >= 4 is 5.97 Å². The number of ether oxygens (including phenoxy) is 2. The van der Waals surface area contributed by atoms with Crippen molar-refractivity contribution in [1.82, 2.24) is 15.0 Å². The fourth-order valence-corrected chi connectivity index (χ4v) is 1.97. The molecule has 1 aromatic rings. The Labute approximate surface area is 116 Å². The molecule has 1 aliphatic heterocycles. The van der Waals surface area contributed by atoms with E-state index < -0.39 is 12.0 Å². The molecule has 3 N–H and O–H groups in total. The number of rotatable bonds is 7. The van der Waals surface area contributed by atoms with Gasteiger partial charge in [-0.15, -0.1) is 5.10 Å². The van der Waals surface area contributed by atoms with Gasteiger partial charge in [-0.25, -0.2) is 4.68 Å². The van der Waals surface area contributed by atoms with Crippen LogP contribution in [-0.4, -0.2) is 51.6 Å². The van der Waals surface area contributed by atoms with Crippen LogP contribution in [0.25, 0.3) is 0 Å². The monoisotopic (exact) mass is 284 g/mol. The van der Waals surface area contributed by atoms with Gasteiger partial charge in [-0.05, 0) is 19.3 Å². The second-order valence-corrected chi connectivity index (χ2v) is 4.79. The first kappa shape index (κ1) is 14.9. The average molecular weight is 284 g/mol. The van der Waals surface area contributed by atoms with Gasteiger partial charge in [0.2, 0.25) is 0 Å². The summed E-state index contributed by atoms with van der Waals surface area (Å²) in [5.41, 5.74) is 6.00. The molecule has 8 nitrogen and oxygen atoms in total. The first-order valence-electron chi connectivity index (χ1n) is 6.76. The quantitative estimate of drug-likeness (QED) is 0.711. The number of carboxylic acids is 1. The van der Waals surface area contributed by atoms with Gasteiger partial charge in [0.25, 0.3) is 0 Å². The smallest absolute Gasteiger partial charge is 0.320 e. The molecule has 0 spiro atoms. The Morgan fingerprint density at radius 3 is 3.20 bits per heavy atom. The van der Waals surface area contributed by atoms with E-state index in [1.54, 1.807) is 10.9 Å². The van der Waals surface area contributed by atoms with Crippen LogP contribution < -0.4 is 5.73 Å². The zero-order valence-electron chi connectivity index (χ0n) is 11.3. The van der Waals surface area contributed by atoms with E-state index in [2.05, 4.69) is 10.3 Å². The molecule has 0 amide bonds. The highest BCUT2D eigenvalue weighted by Gasteiger charge is 2.15. The minimum absolute atomic E-state index is 0.118. The molecule has 0 aromatic carbocycles. The third-order valence-corrected chi connectivity index (χ3v) is 3.09. The van der Waals surface area contributed by atoms with Crippen molar-refractivity contribution in [3.63, 3.8) is 0 Å². The molecule has 112 valence electrons. The van der Waals surface area contributed by atoms with Crippen molar-refractivity contribution in [2.75, 3.05) is 13.2 Å². The molecule has 2 unspecified atom stereocenters. The number of aromatic nitrogens is 3. The molecule has 0 bridgehead atoms. The van der Waals surface area contributed by atoms with E-state index in [1.807, 2.05) is 0 Å². The van der Waals surface area contributed by atoms with Crippen LogP contribution in [0.1, 0.15) is 25.0 Å². The Bertz CT molecular complexity index is 431. The summed E-state index contributed by atoms with van der Waals surface area (Å²) in [7, 11) is 0. The summed E-state index contributed by atoms with van der Waals surface area (Å²) in [6.07, 6.45) is 4.89. The molecule has 0 saturated carbocycles. The lowest BCUT2D eigenvalue weighted by Gasteiger charge is -2.22. The number of carbonyl (C=O) groups is 1. The lowest BCUT2D eigenvalue weighted by Crippen LogP contribution is -2.32. The van der Waals surface area contributed by atoms with Gasteiger partial charge >= 0.3 is 5.97 Å². The molecular weight excluding hydrogens is 264 g/mol. The molecule has 1 aromatic heterocycles. The SMILES string of the molecule is NC(Cc1cn(CCOC2CCCCO2)nn1)C(=O)O. The maximum atomic E-state index is 10.6. The lowest BCUT2D eigenvalue weighted by atomic mass is 10.2. The molecule has 20 heavy (non-hydrogen) atoms. The lowest BCUT2D eigenvalue weighted by molar-refractivity contribution is -0.163. The zero-order chi connectivity index (χ0) is 14.4. The Balaban J connectivity index is 1.71. The van der Waals surface area contributed by atoms with Crippen LogP contribution in [0.4, 0.5) is 0 Å². The Morgan fingerprint density at radius 2 is 2.50 bits per heavy atom. The highest BCUT2D eigenvalue weighted by molar-refractivity contribution is 5.73. The standard InChI is InChI=1S/C12H20N4O4/c13-10(12(17)18)7-9-8-16(15-14-9)4-6-20-11-3-1-2-5-19-11/h8,10-11H,1-7,13H2,(H,17,18). The van der Waals surface area contributed by atoms with Gasteiger partial charge in [0.15, 0.2) is 6.29 Å². The van der Waals surface area contributed by atoms with E-state index in [0.717, 1.165) is 25.9 Å². The average Bonchev–Trinajstić information content (AvgIpc) is 2.87. The third-order valence-electron chi connectivity index (χ3n) is 3.09. The van der Waals surface area contributed by atoms with E-state index in [1.165, 1.54) is 0 Å². The van der Waals surface area contributed by atoms with Gasteiger partial charge in [0, 0.05) is 19.2 Å². The predicted molar refractivity (Wildman–Crippen MR) is 68.9 cm³/mol. The van der Waals surface area contributed by atoms with Gasteiger partial charge < -0.3 is 20.3 Å². The third kappa shape index (κ3) is 4.55. The molecule has 8 heteroatoms. The minimum Gasteiger partial charge on any atom is -0.480 e. The summed E-state index contributed by atoms with van der Waals surface area (Å²) in [6, 6.07) is -0.952. The van der Waals surface area contributed by atoms with Crippen molar-refractivity contribution in [3.8, 4) is 0 Å². The van der Waals surface area contributed by atoms with Crippen LogP contribution in [0.3, 0.4) is 0 Å². The van der Waals surface area contributed by atoms with Crippen molar-refractivity contribution in [3.05, 3.63) is 11.9 Å².